The zero-order valence-corrected chi connectivity index (χ0v) is 20.8. The van der Waals surface area contributed by atoms with E-state index in [4.69, 9.17) is 9.47 Å². The van der Waals surface area contributed by atoms with Crippen molar-refractivity contribution in [3.05, 3.63) is 0 Å². The third-order valence-electron chi connectivity index (χ3n) is 3.89. The van der Waals surface area contributed by atoms with Crippen LogP contribution in [0.3, 0.4) is 0 Å². The van der Waals surface area contributed by atoms with Crippen LogP contribution < -0.4 is 16.0 Å². The molecule has 0 rings (SSSR count). The zero-order chi connectivity index (χ0) is 25.7. The largest absolute Gasteiger partial charge is 0.469 e. The van der Waals surface area contributed by atoms with E-state index in [1.54, 1.807) is 41.5 Å². The van der Waals surface area contributed by atoms with Gasteiger partial charge in [-0.25, -0.2) is 9.59 Å². The molecule has 190 valence electrons. The van der Waals surface area contributed by atoms with Crippen molar-refractivity contribution in [2.75, 3.05) is 20.2 Å². The molecule has 3 N–H and O–H groups in total. The molecule has 0 aromatic rings. The molecule has 11 heteroatoms. The van der Waals surface area contributed by atoms with Crippen molar-refractivity contribution in [2.45, 2.75) is 90.9 Å². The summed E-state index contributed by atoms with van der Waals surface area (Å²) < 4.78 is 14.8. The van der Waals surface area contributed by atoms with Gasteiger partial charge in [0.2, 0.25) is 5.91 Å². The van der Waals surface area contributed by atoms with E-state index in [0.717, 1.165) is 0 Å². The van der Waals surface area contributed by atoms with Gasteiger partial charge in [-0.3, -0.25) is 14.4 Å². The van der Waals surface area contributed by atoms with E-state index in [1.807, 2.05) is 0 Å². The lowest BCUT2D eigenvalue weighted by Crippen LogP contribution is -2.49. The number of methoxy groups -OCH3 is 1. The molecule has 11 nitrogen and oxygen atoms in total. The number of carbonyl (C=O) groups excluding carboxylic acids is 5. The molecular weight excluding hydrogens is 434 g/mol. The summed E-state index contributed by atoms with van der Waals surface area (Å²) in [6, 6.07) is -0.935. The standard InChI is InChI=1S/C22H39N3O8/c1-21(2,3)32-19(29)23-13-9-8-10-16(25-20(30)33-22(4,5)6)18(28)24-14-15(26)11-12-17(27)31-7/h16H,8-14H2,1-7H3,(H,23,29)(H,24,28)(H,25,30)/t16-/m0/s1. The molecule has 33 heavy (non-hydrogen) atoms. The van der Waals surface area contributed by atoms with Gasteiger partial charge in [0.25, 0.3) is 0 Å². The van der Waals surface area contributed by atoms with Crippen LogP contribution in [0.1, 0.15) is 73.6 Å². The van der Waals surface area contributed by atoms with Crippen molar-refractivity contribution in [1.29, 1.82) is 0 Å². The van der Waals surface area contributed by atoms with E-state index >= 15 is 0 Å². The van der Waals surface area contributed by atoms with Crippen LogP contribution in [-0.2, 0) is 28.6 Å². The van der Waals surface area contributed by atoms with Gasteiger partial charge in [-0.05, 0) is 60.8 Å². The van der Waals surface area contributed by atoms with E-state index in [0.29, 0.717) is 19.4 Å². The predicted octanol–water partition coefficient (Wildman–Crippen LogP) is 2.21. The fraction of sp³-hybridized carbons (Fsp3) is 0.773. The van der Waals surface area contributed by atoms with E-state index in [2.05, 4.69) is 20.7 Å². The Morgan fingerprint density at radius 1 is 0.788 bits per heavy atom. The SMILES string of the molecule is COC(=O)CCC(=O)CNC(=O)[C@H](CCCCNC(=O)OC(C)(C)C)NC(=O)OC(C)(C)C. The van der Waals surface area contributed by atoms with Crippen molar-refractivity contribution < 1.29 is 38.2 Å². The van der Waals surface area contributed by atoms with Gasteiger partial charge in [0.1, 0.15) is 17.2 Å². The molecule has 0 aromatic heterocycles. The maximum atomic E-state index is 12.6. The Labute approximate surface area is 195 Å². The highest BCUT2D eigenvalue weighted by atomic mass is 16.6. The molecule has 0 heterocycles. The summed E-state index contributed by atoms with van der Waals surface area (Å²) in [7, 11) is 1.23. The monoisotopic (exact) mass is 473 g/mol. The number of carbonyl (C=O) groups is 5. The van der Waals surface area contributed by atoms with Gasteiger partial charge in [0, 0.05) is 13.0 Å². The second kappa shape index (κ2) is 14.3. The molecule has 0 aliphatic rings. The van der Waals surface area contributed by atoms with Gasteiger partial charge in [0.15, 0.2) is 5.78 Å². The van der Waals surface area contributed by atoms with Gasteiger partial charge < -0.3 is 30.2 Å². The number of rotatable bonds is 12. The average molecular weight is 474 g/mol. The number of hydrogen-bond donors (Lipinski definition) is 3. The van der Waals surface area contributed by atoms with E-state index in [9.17, 15) is 24.0 Å². The maximum absolute atomic E-state index is 12.6. The first-order valence-corrected chi connectivity index (χ1v) is 11.0. The second-order valence-corrected chi connectivity index (χ2v) is 9.46. The lowest BCUT2D eigenvalue weighted by Gasteiger charge is -2.23. The summed E-state index contributed by atoms with van der Waals surface area (Å²) in [5.74, 6) is -1.40. The number of ether oxygens (including phenoxy) is 3. The number of hydrogen-bond acceptors (Lipinski definition) is 8. The molecule has 0 aliphatic heterocycles. The van der Waals surface area contributed by atoms with Crippen LogP contribution in [0.25, 0.3) is 0 Å². The van der Waals surface area contributed by atoms with E-state index in [1.165, 1.54) is 7.11 Å². The smallest absolute Gasteiger partial charge is 0.408 e. The Morgan fingerprint density at radius 2 is 1.36 bits per heavy atom. The first-order chi connectivity index (χ1) is 15.1. The molecule has 0 aromatic carbocycles. The van der Waals surface area contributed by atoms with Crippen LogP contribution in [0.4, 0.5) is 9.59 Å². The summed E-state index contributed by atoms with van der Waals surface area (Å²) in [6.07, 6.45) is -0.127. The molecule has 3 amide bonds. The Hall–Kier alpha value is -2.85. The lowest BCUT2D eigenvalue weighted by molar-refractivity contribution is -0.141. The summed E-state index contributed by atoms with van der Waals surface area (Å²) >= 11 is 0. The molecule has 0 aliphatic carbocycles. The number of ketones is 1. The first kappa shape index (κ1) is 30.1. The molecule has 1 atom stereocenters. The van der Waals surface area contributed by atoms with Crippen LogP contribution in [0.2, 0.25) is 0 Å². The quantitative estimate of drug-likeness (QED) is 0.222. The van der Waals surface area contributed by atoms with Crippen molar-refractivity contribution in [1.82, 2.24) is 16.0 Å². The number of alkyl carbamates (subject to hydrolysis) is 2. The molecule has 0 saturated heterocycles. The Balaban J connectivity index is 4.69. The third kappa shape index (κ3) is 17.4. The van der Waals surface area contributed by atoms with E-state index in [-0.39, 0.29) is 31.6 Å². The summed E-state index contributed by atoms with van der Waals surface area (Å²) in [6.45, 7) is 10.4. The number of nitrogens with one attached hydrogen (secondary N) is 3. The topological polar surface area (TPSA) is 149 Å². The Kier molecular flexibility index (Phi) is 13.1. The lowest BCUT2D eigenvalue weighted by atomic mass is 10.1. The van der Waals surface area contributed by atoms with Gasteiger partial charge in [0.05, 0.1) is 20.1 Å². The van der Waals surface area contributed by atoms with Crippen molar-refractivity contribution >= 4 is 29.8 Å². The van der Waals surface area contributed by atoms with Gasteiger partial charge in [-0.2, -0.15) is 0 Å². The number of Topliss-reactive ketones (excluding diaryl/α,β-unsaturated/α-hetero) is 1. The highest BCUT2D eigenvalue weighted by Gasteiger charge is 2.24. The van der Waals surface area contributed by atoms with Crippen LogP contribution in [0, 0.1) is 0 Å². The van der Waals surface area contributed by atoms with Crippen LogP contribution in [-0.4, -0.2) is 67.3 Å². The van der Waals surface area contributed by atoms with Crippen molar-refractivity contribution in [2.24, 2.45) is 0 Å². The predicted molar refractivity (Wildman–Crippen MR) is 121 cm³/mol. The molecule has 0 fully saturated rings. The maximum Gasteiger partial charge on any atom is 0.408 e. The fourth-order valence-electron chi connectivity index (χ4n) is 2.44. The molecule has 0 unspecified atom stereocenters. The molecule has 0 radical (unpaired) electrons. The molecular formula is C22H39N3O8. The Morgan fingerprint density at radius 3 is 1.91 bits per heavy atom. The third-order valence-corrected chi connectivity index (χ3v) is 3.89. The second-order valence-electron chi connectivity index (χ2n) is 9.46. The average Bonchev–Trinajstić information content (AvgIpc) is 2.66. The van der Waals surface area contributed by atoms with Gasteiger partial charge in [-0.1, -0.05) is 0 Å². The van der Waals surface area contributed by atoms with Crippen molar-refractivity contribution in [3.8, 4) is 0 Å². The van der Waals surface area contributed by atoms with Crippen LogP contribution in [0.15, 0.2) is 0 Å². The van der Waals surface area contributed by atoms with Gasteiger partial charge in [-0.15, -0.1) is 0 Å². The zero-order valence-electron chi connectivity index (χ0n) is 20.8. The van der Waals surface area contributed by atoms with E-state index < -0.39 is 41.3 Å². The minimum Gasteiger partial charge on any atom is -0.469 e. The highest BCUT2D eigenvalue weighted by molar-refractivity contribution is 5.91. The minimum atomic E-state index is -0.935. The normalized spacial score (nSPS) is 12.2. The van der Waals surface area contributed by atoms with Crippen molar-refractivity contribution in [3.63, 3.8) is 0 Å². The molecule has 0 spiro atoms. The first-order valence-electron chi connectivity index (χ1n) is 11.0. The van der Waals surface area contributed by atoms with Crippen LogP contribution in [0.5, 0.6) is 0 Å². The summed E-state index contributed by atoms with van der Waals surface area (Å²) in [5, 5.41) is 7.62. The fourth-order valence-corrected chi connectivity index (χ4v) is 2.44. The Bertz CT molecular complexity index is 680. The van der Waals surface area contributed by atoms with Gasteiger partial charge >= 0.3 is 18.2 Å². The minimum absolute atomic E-state index is 0.0621. The number of esters is 1. The number of unbranched alkanes of at least 4 members (excludes halogenated alkanes) is 1. The molecule has 0 bridgehead atoms. The number of amides is 3. The molecule has 0 saturated carbocycles. The highest BCUT2D eigenvalue weighted by Crippen LogP contribution is 2.09. The summed E-state index contributed by atoms with van der Waals surface area (Å²) in [4.78, 5) is 59.4. The van der Waals surface area contributed by atoms with Crippen LogP contribution >= 0.6 is 0 Å². The summed E-state index contributed by atoms with van der Waals surface area (Å²) in [5.41, 5.74) is -1.34.